The van der Waals surface area contributed by atoms with Crippen molar-refractivity contribution in [1.29, 1.82) is 0 Å². The summed E-state index contributed by atoms with van der Waals surface area (Å²) in [6, 6.07) is 22.8. The van der Waals surface area contributed by atoms with Gasteiger partial charge in [-0.1, -0.05) is 80.1 Å². The highest BCUT2D eigenvalue weighted by atomic mass is 16.3. The summed E-state index contributed by atoms with van der Waals surface area (Å²) in [5.41, 5.74) is -0.191. The SMILES string of the molecule is CCCC[C@](O)(C(=O)Nc1cccc2ccccc12)c1ccccc1. The van der Waals surface area contributed by atoms with Crippen LogP contribution in [0.3, 0.4) is 0 Å². The molecule has 3 aromatic carbocycles. The van der Waals surface area contributed by atoms with Crippen LogP contribution in [-0.2, 0) is 10.4 Å². The van der Waals surface area contributed by atoms with Gasteiger partial charge in [-0.25, -0.2) is 0 Å². The van der Waals surface area contributed by atoms with Crippen LogP contribution in [0.1, 0.15) is 31.7 Å². The molecule has 0 fully saturated rings. The van der Waals surface area contributed by atoms with E-state index in [1.807, 2.05) is 67.6 Å². The van der Waals surface area contributed by atoms with Crippen LogP contribution in [0.25, 0.3) is 10.8 Å². The summed E-state index contributed by atoms with van der Waals surface area (Å²) in [5.74, 6) is -0.386. The van der Waals surface area contributed by atoms with Gasteiger partial charge in [0.25, 0.3) is 5.91 Å². The molecule has 0 aliphatic rings. The average molecular weight is 333 g/mol. The summed E-state index contributed by atoms with van der Waals surface area (Å²) in [5, 5.41) is 16.2. The summed E-state index contributed by atoms with van der Waals surface area (Å²) in [6.45, 7) is 2.05. The predicted molar refractivity (Wildman–Crippen MR) is 102 cm³/mol. The van der Waals surface area contributed by atoms with Gasteiger partial charge in [0.15, 0.2) is 5.60 Å². The molecule has 0 unspecified atom stereocenters. The Hall–Kier alpha value is -2.65. The van der Waals surface area contributed by atoms with Crippen LogP contribution in [0.5, 0.6) is 0 Å². The van der Waals surface area contributed by atoms with Crippen molar-refractivity contribution in [2.24, 2.45) is 0 Å². The van der Waals surface area contributed by atoms with Crippen LogP contribution in [0.15, 0.2) is 72.8 Å². The molecule has 2 N–H and O–H groups in total. The van der Waals surface area contributed by atoms with Crippen molar-refractivity contribution >= 4 is 22.4 Å². The lowest BCUT2D eigenvalue weighted by Gasteiger charge is -2.27. The molecule has 0 saturated heterocycles. The van der Waals surface area contributed by atoms with E-state index in [1.54, 1.807) is 12.1 Å². The summed E-state index contributed by atoms with van der Waals surface area (Å²) in [4.78, 5) is 13.0. The summed E-state index contributed by atoms with van der Waals surface area (Å²) in [6.07, 6.45) is 2.08. The minimum absolute atomic E-state index is 0.386. The van der Waals surface area contributed by atoms with Crippen molar-refractivity contribution in [1.82, 2.24) is 0 Å². The molecule has 128 valence electrons. The summed E-state index contributed by atoms with van der Waals surface area (Å²) < 4.78 is 0. The largest absolute Gasteiger partial charge is 0.375 e. The molecule has 0 aliphatic carbocycles. The number of nitrogens with one attached hydrogen (secondary N) is 1. The number of aliphatic hydroxyl groups is 1. The van der Waals surface area contributed by atoms with Crippen molar-refractivity contribution in [2.75, 3.05) is 5.32 Å². The second-order valence-corrected chi connectivity index (χ2v) is 6.31. The molecule has 25 heavy (non-hydrogen) atoms. The van der Waals surface area contributed by atoms with E-state index in [-0.39, 0.29) is 5.91 Å². The molecule has 0 radical (unpaired) electrons. The highest BCUT2D eigenvalue weighted by Gasteiger charge is 2.37. The number of unbranched alkanes of at least 4 members (excludes halogenated alkanes) is 1. The number of fused-ring (bicyclic) bond motifs is 1. The third-order valence-corrected chi connectivity index (χ3v) is 4.56. The van der Waals surface area contributed by atoms with Gasteiger partial charge < -0.3 is 10.4 Å². The van der Waals surface area contributed by atoms with Crippen molar-refractivity contribution in [3.8, 4) is 0 Å². The normalized spacial score (nSPS) is 13.4. The molecule has 3 aromatic rings. The molecule has 3 rings (SSSR count). The first-order valence-corrected chi connectivity index (χ1v) is 8.72. The topological polar surface area (TPSA) is 49.3 Å². The van der Waals surface area contributed by atoms with Crippen LogP contribution in [-0.4, -0.2) is 11.0 Å². The lowest BCUT2D eigenvalue weighted by molar-refractivity contribution is -0.136. The van der Waals surface area contributed by atoms with E-state index in [4.69, 9.17) is 0 Å². The minimum Gasteiger partial charge on any atom is -0.375 e. The maximum absolute atomic E-state index is 13.0. The van der Waals surface area contributed by atoms with Gasteiger partial charge in [-0.05, 0) is 29.9 Å². The van der Waals surface area contributed by atoms with Crippen LogP contribution in [0.2, 0.25) is 0 Å². The zero-order valence-electron chi connectivity index (χ0n) is 14.4. The van der Waals surface area contributed by atoms with E-state index in [0.717, 1.165) is 23.6 Å². The van der Waals surface area contributed by atoms with Gasteiger partial charge in [0.05, 0.1) is 0 Å². The molecule has 3 nitrogen and oxygen atoms in total. The fraction of sp³-hybridized carbons (Fsp3) is 0.227. The first kappa shape index (κ1) is 17.2. The van der Waals surface area contributed by atoms with E-state index in [2.05, 4.69) is 5.32 Å². The Morgan fingerprint density at radius 1 is 0.960 bits per heavy atom. The van der Waals surface area contributed by atoms with Crippen LogP contribution < -0.4 is 5.32 Å². The van der Waals surface area contributed by atoms with E-state index < -0.39 is 5.60 Å². The lowest BCUT2D eigenvalue weighted by Crippen LogP contribution is -2.40. The number of carbonyl (C=O) groups excluding carboxylic acids is 1. The molecule has 0 aromatic heterocycles. The van der Waals surface area contributed by atoms with Crippen molar-refractivity contribution in [2.45, 2.75) is 31.8 Å². The molecule has 1 amide bonds. The van der Waals surface area contributed by atoms with Crippen molar-refractivity contribution in [3.05, 3.63) is 78.4 Å². The fourth-order valence-corrected chi connectivity index (χ4v) is 3.10. The van der Waals surface area contributed by atoms with Crippen LogP contribution >= 0.6 is 0 Å². The van der Waals surface area contributed by atoms with Crippen molar-refractivity contribution in [3.63, 3.8) is 0 Å². The molecule has 0 aliphatic heterocycles. The number of benzene rings is 3. The Kier molecular flexibility index (Phi) is 5.15. The third-order valence-electron chi connectivity index (χ3n) is 4.56. The second-order valence-electron chi connectivity index (χ2n) is 6.31. The zero-order chi connectivity index (χ0) is 17.7. The first-order chi connectivity index (χ1) is 12.1. The number of rotatable bonds is 6. The minimum atomic E-state index is -1.53. The van der Waals surface area contributed by atoms with Crippen LogP contribution in [0, 0.1) is 0 Å². The van der Waals surface area contributed by atoms with Gasteiger partial charge in [-0.15, -0.1) is 0 Å². The van der Waals surface area contributed by atoms with Gasteiger partial charge in [-0.2, -0.15) is 0 Å². The molecule has 1 atom stereocenters. The second kappa shape index (κ2) is 7.49. The zero-order valence-corrected chi connectivity index (χ0v) is 14.4. The average Bonchev–Trinajstić information content (AvgIpc) is 2.67. The molecule has 0 bridgehead atoms. The maximum Gasteiger partial charge on any atom is 0.260 e. The van der Waals surface area contributed by atoms with Gasteiger partial charge in [0, 0.05) is 11.1 Å². The number of amides is 1. The van der Waals surface area contributed by atoms with Gasteiger partial charge >= 0.3 is 0 Å². The molecular weight excluding hydrogens is 310 g/mol. The number of hydrogen-bond acceptors (Lipinski definition) is 2. The molecule has 0 heterocycles. The number of carbonyl (C=O) groups is 1. The monoisotopic (exact) mass is 333 g/mol. The third kappa shape index (κ3) is 3.57. The highest BCUT2D eigenvalue weighted by molar-refractivity contribution is 6.05. The highest BCUT2D eigenvalue weighted by Crippen LogP contribution is 2.30. The number of hydrogen-bond donors (Lipinski definition) is 2. The summed E-state index contributed by atoms with van der Waals surface area (Å²) in [7, 11) is 0. The van der Waals surface area contributed by atoms with Gasteiger partial charge in [-0.3, -0.25) is 4.79 Å². The summed E-state index contributed by atoms with van der Waals surface area (Å²) >= 11 is 0. The Bertz CT molecular complexity index is 855. The van der Waals surface area contributed by atoms with E-state index in [1.165, 1.54) is 0 Å². The first-order valence-electron chi connectivity index (χ1n) is 8.72. The standard InChI is InChI=1S/C22H23NO2/c1-2-3-16-22(25,18-12-5-4-6-13-18)21(24)23-20-15-9-11-17-10-7-8-14-19(17)20/h4-15,25H,2-3,16H2,1H3,(H,23,24)/t22-/m1/s1. The smallest absolute Gasteiger partial charge is 0.260 e. The van der Waals surface area contributed by atoms with E-state index in [9.17, 15) is 9.90 Å². The Labute approximate surface area is 148 Å². The van der Waals surface area contributed by atoms with Crippen LogP contribution in [0.4, 0.5) is 5.69 Å². The number of anilines is 1. The lowest BCUT2D eigenvalue weighted by atomic mass is 9.87. The molecular formula is C22H23NO2. The quantitative estimate of drug-likeness (QED) is 0.677. The Balaban J connectivity index is 1.95. The molecule has 0 saturated carbocycles. The molecule has 3 heteroatoms. The Morgan fingerprint density at radius 3 is 2.40 bits per heavy atom. The predicted octanol–water partition coefficient (Wildman–Crippen LogP) is 4.86. The van der Waals surface area contributed by atoms with Gasteiger partial charge in [0.1, 0.15) is 0 Å². The maximum atomic E-state index is 13.0. The van der Waals surface area contributed by atoms with Gasteiger partial charge in [0.2, 0.25) is 0 Å². The van der Waals surface area contributed by atoms with E-state index >= 15 is 0 Å². The van der Waals surface area contributed by atoms with E-state index in [0.29, 0.717) is 17.7 Å². The van der Waals surface area contributed by atoms with Crippen molar-refractivity contribution < 1.29 is 9.90 Å². The Morgan fingerprint density at radius 2 is 1.64 bits per heavy atom. The molecule has 0 spiro atoms. The fourth-order valence-electron chi connectivity index (χ4n) is 3.10.